The van der Waals surface area contributed by atoms with Crippen LogP contribution in [0.3, 0.4) is 0 Å². The van der Waals surface area contributed by atoms with Crippen molar-refractivity contribution in [2.75, 3.05) is 25.0 Å². The predicted molar refractivity (Wildman–Crippen MR) is 78.6 cm³/mol. The summed E-state index contributed by atoms with van der Waals surface area (Å²) >= 11 is 0. The molecule has 1 aromatic heterocycles. The van der Waals surface area contributed by atoms with Crippen LogP contribution in [0.5, 0.6) is 5.88 Å². The highest BCUT2D eigenvalue weighted by molar-refractivity contribution is 5.27. The van der Waals surface area contributed by atoms with Crippen molar-refractivity contribution >= 4 is 5.95 Å². The Kier molecular flexibility index (Phi) is 6.64. The molecule has 0 amide bonds. The highest BCUT2D eigenvalue weighted by Crippen LogP contribution is 2.14. The van der Waals surface area contributed by atoms with Gasteiger partial charge in [0.25, 0.3) is 5.88 Å². The van der Waals surface area contributed by atoms with E-state index >= 15 is 0 Å². The summed E-state index contributed by atoms with van der Waals surface area (Å²) in [7, 11) is 0. The van der Waals surface area contributed by atoms with Gasteiger partial charge in [-0.2, -0.15) is 9.37 Å². The van der Waals surface area contributed by atoms with Gasteiger partial charge in [0, 0.05) is 25.2 Å². The predicted octanol–water partition coefficient (Wildman–Crippen LogP) is 2.55. The van der Waals surface area contributed by atoms with Crippen molar-refractivity contribution in [3.63, 3.8) is 0 Å². The first-order chi connectivity index (χ1) is 9.45. The lowest BCUT2D eigenvalue weighted by molar-refractivity contribution is 0.138. The zero-order valence-corrected chi connectivity index (χ0v) is 13.0. The van der Waals surface area contributed by atoms with Crippen molar-refractivity contribution in [3.8, 4) is 5.88 Å². The van der Waals surface area contributed by atoms with Gasteiger partial charge in [0.05, 0.1) is 6.20 Å². The highest BCUT2D eigenvalue weighted by atomic mass is 19.1. The van der Waals surface area contributed by atoms with Crippen LogP contribution in [0.1, 0.15) is 34.6 Å². The number of hydrogen-bond donors (Lipinski definition) is 1. The third-order valence-electron chi connectivity index (χ3n) is 2.96. The van der Waals surface area contributed by atoms with Crippen molar-refractivity contribution < 1.29 is 9.13 Å². The van der Waals surface area contributed by atoms with Crippen LogP contribution in [0, 0.1) is 5.82 Å². The molecular weight excluding hydrogens is 259 g/mol. The summed E-state index contributed by atoms with van der Waals surface area (Å²) < 4.78 is 19.0. The normalized spacial score (nSPS) is 11.4. The second-order valence-corrected chi connectivity index (χ2v) is 5.15. The van der Waals surface area contributed by atoms with E-state index in [2.05, 4.69) is 47.9 Å². The van der Waals surface area contributed by atoms with Gasteiger partial charge in [0.2, 0.25) is 11.8 Å². The largest absolute Gasteiger partial charge is 0.474 e. The molecule has 6 heteroatoms. The first-order valence-electron chi connectivity index (χ1n) is 7.10. The van der Waals surface area contributed by atoms with Crippen LogP contribution in [0.15, 0.2) is 6.20 Å². The van der Waals surface area contributed by atoms with E-state index in [1.807, 2.05) is 6.92 Å². The molecule has 1 N–H and O–H groups in total. The molecule has 114 valence electrons. The van der Waals surface area contributed by atoms with Gasteiger partial charge >= 0.3 is 0 Å². The number of hydrogen-bond acceptors (Lipinski definition) is 5. The minimum Gasteiger partial charge on any atom is -0.474 e. The van der Waals surface area contributed by atoms with E-state index < -0.39 is 5.82 Å². The lowest BCUT2D eigenvalue weighted by Gasteiger charge is -2.30. The Bertz CT molecular complexity index is 404. The van der Waals surface area contributed by atoms with Gasteiger partial charge < -0.3 is 10.1 Å². The maximum atomic E-state index is 13.6. The van der Waals surface area contributed by atoms with Crippen LogP contribution < -0.4 is 10.1 Å². The SMILES string of the molecule is CCNc1ncc(F)c(OCCN(C(C)C)C(C)C)n1. The summed E-state index contributed by atoms with van der Waals surface area (Å²) in [5.74, 6) is -0.149. The fraction of sp³-hybridized carbons (Fsp3) is 0.714. The van der Waals surface area contributed by atoms with Crippen molar-refractivity contribution in [3.05, 3.63) is 12.0 Å². The number of halogens is 1. The number of rotatable bonds is 8. The van der Waals surface area contributed by atoms with Crippen LogP contribution in [-0.2, 0) is 0 Å². The average Bonchev–Trinajstić information content (AvgIpc) is 2.37. The number of aromatic nitrogens is 2. The molecule has 0 aliphatic rings. The molecule has 20 heavy (non-hydrogen) atoms. The standard InChI is InChI=1S/C14H25FN4O/c1-6-16-14-17-9-12(15)13(18-14)20-8-7-19(10(2)3)11(4)5/h9-11H,6-8H2,1-5H3,(H,16,17,18). The summed E-state index contributed by atoms with van der Waals surface area (Å²) in [6.45, 7) is 12.3. The summed E-state index contributed by atoms with van der Waals surface area (Å²) in [6.07, 6.45) is 1.13. The number of nitrogens with one attached hydrogen (secondary N) is 1. The minimum absolute atomic E-state index is 0.00316. The third kappa shape index (κ3) is 4.92. The van der Waals surface area contributed by atoms with Crippen LogP contribution in [-0.4, -0.2) is 46.6 Å². The Hall–Kier alpha value is -1.43. The molecule has 5 nitrogen and oxygen atoms in total. The van der Waals surface area contributed by atoms with Gasteiger partial charge in [-0.05, 0) is 34.6 Å². The second-order valence-electron chi connectivity index (χ2n) is 5.15. The molecule has 0 fully saturated rings. The topological polar surface area (TPSA) is 50.3 Å². The Balaban J connectivity index is 2.58. The maximum absolute atomic E-state index is 13.6. The average molecular weight is 284 g/mol. The Morgan fingerprint density at radius 1 is 1.30 bits per heavy atom. The Morgan fingerprint density at radius 3 is 2.50 bits per heavy atom. The first-order valence-corrected chi connectivity index (χ1v) is 7.10. The van der Waals surface area contributed by atoms with Crippen molar-refractivity contribution in [2.24, 2.45) is 0 Å². The molecular formula is C14H25FN4O. The highest BCUT2D eigenvalue weighted by Gasteiger charge is 2.14. The lowest BCUT2D eigenvalue weighted by atomic mass is 10.2. The quantitative estimate of drug-likeness (QED) is 0.795. The molecule has 0 radical (unpaired) electrons. The van der Waals surface area contributed by atoms with E-state index in [0.717, 1.165) is 12.7 Å². The third-order valence-corrected chi connectivity index (χ3v) is 2.96. The van der Waals surface area contributed by atoms with Gasteiger partial charge in [-0.15, -0.1) is 0 Å². The zero-order valence-electron chi connectivity index (χ0n) is 13.0. The van der Waals surface area contributed by atoms with Crippen molar-refractivity contribution in [2.45, 2.75) is 46.7 Å². The molecule has 1 rings (SSSR count). The molecule has 0 spiro atoms. The van der Waals surface area contributed by atoms with Gasteiger partial charge in [-0.25, -0.2) is 4.98 Å². The van der Waals surface area contributed by atoms with Crippen molar-refractivity contribution in [1.29, 1.82) is 0 Å². The maximum Gasteiger partial charge on any atom is 0.255 e. The van der Waals surface area contributed by atoms with Crippen LogP contribution in [0.2, 0.25) is 0 Å². The van der Waals surface area contributed by atoms with E-state index in [1.54, 1.807) is 0 Å². The molecule has 1 aromatic rings. The number of nitrogens with zero attached hydrogens (tertiary/aromatic N) is 3. The number of anilines is 1. The first kappa shape index (κ1) is 16.6. The summed E-state index contributed by atoms with van der Waals surface area (Å²) in [5, 5.41) is 2.93. The lowest BCUT2D eigenvalue weighted by Crippen LogP contribution is -2.39. The van der Waals surface area contributed by atoms with E-state index in [1.165, 1.54) is 0 Å². The smallest absolute Gasteiger partial charge is 0.255 e. The summed E-state index contributed by atoms with van der Waals surface area (Å²) in [4.78, 5) is 10.1. The second kappa shape index (κ2) is 7.99. The molecule has 1 heterocycles. The molecule has 0 atom stereocenters. The van der Waals surface area contributed by atoms with E-state index in [-0.39, 0.29) is 5.88 Å². The molecule has 0 aliphatic carbocycles. The van der Waals surface area contributed by atoms with E-state index in [4.69, 9.17) is 4.74 Å². The molecule has 0 aliphatic heterocycles. The fourth-order valence-electron chi connectivity index (χ4n) is 2.06. The molecule has 0 aromatic carbocycles. The number of ether oxygens (including phenoxy) is 1. The molecule has 0 saturated heterocycles. The van der Waals surface area contributed by atoms with Crippen LogP contribution >= 0.6 is 0 Å². The van der Waals surface area contributed by atoms with E-state index in [9.17, 15) is 4.39 Å². The van der Waals surface area contributed by atoms with Gasteiger partial charge in [0.15, 0.2) is 0 Å². The van der Waals surface area contributed by atoms with Gasteiger partial charge in [-0.1, -0.05) is 0 Å². The van der Waals surface area contributed by atoms with Crippen molar-refractivity contribution in [1.82, 2.24) is 14.9 Å². The monoisotopic (exact) mass is 284 g/mol. The van der Waals surface area contributed by atoms with Crippen LogP contribution in [0.25, 0.3) is 0 Å². The minimum atomic E-state index is -0.535. The zero-order chi connectivity index (χ0) is 15.1. The van der Waals surface area contributed by atoms with Gasteiger partial charge in [0.1, 0.15) is 6.61 Å². The van der Waals surface area contributed by atoms with Crippen LogP contribution in [0.4, 0.5) is 10.3 Å². The van der Waals surface area contributed by atoms with Gasteiger partial charge in [-0.3, -0.25) is 4.90 Å². The molecule has 0 saturated carbocycles. The molecule has 0 bridgehead atoms. The molecule has 0 unspecified atom stereocenters. The summed E-state index contributed by atoms with van der Waals surface area (Å²) in [6, 6.07) is 0.845. The summed E-state index contributed by atoms with van der Waals surface area (Å²) in [5.41, 5.74) is 0. The van der Waals surface area contributed by atoms with E-state index in [0.29, 0.717) is 31.2 Å². The Labute approximate surface area is 120 Å². The fourth-order valence-corrected chi connectivity index (χ4v) is 2.06. The Morgan fingerprint density at radius 2 is 1.95 bits per heavy atom.